The third-order valence-electron chi connectivity index (χ3n) is 2.32. The molecule has 2 nitrogen and oxygen atoms in total. The molecule has 1 aliphatic rings. The summed E-state index contributed by atoms with van der Waals surface area (Å²) >= 11 is 0. The number of likely N-dealkylation sites (tertiary alicyclic amines) is 1. The van der Waals surface area contributed by atoms with Gasteiger partial charge in [0.25, 0.3) is 0 Å². The van der Waals surface area contributed by atoms with Crippen molar-refractivity contribution in [2.24, 2.45) is 5.92 Å². The minimum atomic E-state index is 0.323. The summed E-state index contributed by atoms with van der Waals surface area (Å²) < 4.78 is 0. The van der Waals surface area contributed by atoms with Crippen LogP contribution in [0.15, 0.2) is 0 Å². The SMILES string of the molecule is CC(CO)CN1CCC1C. The highest BCUT2D eigenvalue weighted by molar-refractivity contribution is 4.79. The van der Waals surface area contributed by atoms with Gasteiger partial charge in [0.1, 0.15) is 0 Å². The summed E-state index contributed by atoms with van der Waals surface area (Å²) in [5.74, 6) is 0.447. The van der Waals surface area contributed by atoms with Crippen molar-refractivity contribution in [3.05, 3.63) is 0 Å². The molecule has 0 spiro atoms. The average molecular weight is 143 g/mol. The van der Waals surface area contributed by atoms with E-state index in [-0.39, 0.29) is 0 Å². The lowest BCUT2D eigenvalue weighted by molar-refractivity contribution is 0.0715. The molecule has 2 atom stereocenters. The van der Waals surface area contributed by atoms with Gasteiger partial charge in [-0.05, 0) is 25.8 Å². The molecule has 0 aromatic heterocycles. The van der Waals surface area contributed by atoms with Gasteiger partial charge in [0.2, 0.25) is 0 Å². The second kappa shape index (κ2) is 3.35. The van der Waals surface area contributed by atoms with Crippen molar-refractivity contribution in [3.63, 3.8) is 0 Å². The monoisotopic (exact) mass is 143 g/mol. The summed E-state index contributed by atoms with van der Waals surface area (Å²) in [7, 11) is 0. The average Bonchev–Trinajstić information content (AvgIpc) is 1.96. The third-order valence-corrected chi connectivity index (χ3v) is 2.32. The Morgan fingerprint density at radius 1 is 1.70 bits per heavy atom. The molecule has 0 aromatic rings. The van der Waals surface area contributed by atoms with Gasteiger partial charge in [-0.3, -0.25) is 0 Å². The van der Waals surface area contributed by atoms with Crippen molar-refractivity contribution in [3.8, 4) is 0 Å². The predicted molar refractivity (Wildman–Crippen MR) is 41.9 cm³/mol. The fourth-order valence-corrected chi connectivity index (χ4v) is 1.30. The molecule has 1 rings (SSSR count). The fraction of sp³-hybridized carbons (Fsp3) is 1.00. The van der Waals surface area contributed by atoms with Crippen LogP contribution in [-0.2, 0) is 0 Å². The largest absolute Gasteiger partial charge is 0.396 e. The van der Waals surface area contributed by atoms with E-state index in [0.717, 1.165) is 12.6 Å². The zero-order valence-electron chi connectivity index (χ0n) is 6.88. The topological polar surface area (TPSA) is 23.5 Å². The number of hydrogen-bond donors (Lipinski definition) is 1. The minimum Gasteiger partial charge on any atom is -0.396 e. The highest BCUT2D eigenvalue weighted by Crippen LogP contribution is 2.17. The number of nitrogens with zero attached hydrogens (tertiary/aromatic N) is 1. The van der Waals surface area contributed by atoms with Gasteiger partial charge in [-0.1, -0.05) is 6.92 Å². The third kappa shape index (κ3) is 1.70. The summed E-state index contributed by atoms with van der Waals surface area (Å²) in [5, 5.41) is 8.76. The highest BCUT2D eigenvalue weighted by atomic mass is 16.3. The summed E-state index contributed by atoms with van der Waals surface area (Å²) in [5.41, 5.74) is 0. The van der Waals surface area contributed by atoms with Crippen LogP contribution in [0.3, 0.4) is 0 Å². The highest BCUT2D eigenvalue weighted by Gasteiger charge is 2.23. The normalized spacial score (nSPS) is 29.7. The Hall–Kier alpha value is -0.0800. The predicted octanol–water partition coefficient (Wildman–Crippen LogP) is 0.709. The van der Waals surface area contributed by atoms with Crippen LogP contribution in [0.2, 0.25) is 0 Å². The Bertz CT molecular complexity index is 105. The summed E-state index contributed by atoms with van der Waals surface area (Å²) in [6.45, 7) is 6.95. The fourth-order valence-electron chi connectivity index (χ4n) is 1.30. The molecule has 0 radical (unpaired) electrons. The van der Waals surface area contributed by atoms with Crippen LogP contribution < -0.4 is 0 Å². The Kier molecular flexibility index (Phi) is 2.69. The first-order valence-corrected chi connectivity index (χ1v) is 4.09. The molecule has 60 valence electrons. The zero-order chi connectivity index (χ0) is 7.56. The Labute approximate surface area is 62.8 Å². The molecule has 2 unspecified atom stereocenters. The smallest absolute Gasteiger partial charge is 0.0468 e. The van der Waals surface area contributed by atoms with Crippen LogP contribution in [0.5, 0.6) is 0 Å². The molecule has 2 heteroatoms. The van der Waals surface area contributed by atoms with E-state index < -0.39 is 0 Å². The number of aliphatic hydroxyl groups excluding tert-OH is 1. The Morgan fingerprint density at radius 2 is 2.40 bits per heavy atom. The summed E-state index contributed by atoms with van der Waals surface area (Å²) in [6.07, 6.45) is 1.33. The second-order valence-electron chi connectivity index (χ2n) is 3.42. The Morgan fingerprint density at radius 3 is 2.70 bits per heavy atom. The van der Waals surface area contributed by atoms with Gasteiger partial charge in [-0.15, -0.1) is 0 Å². The van der Waals surface area contributed by atoms with Crippen molar-refractivity contribution in [1.29, 1.82) is 0 Å². The van der Waals surface area contributed by atoms with E-state index in [1.54, 1.807) is 0 Å². The van der Waals surface area contributed by atoms with Gasteiger partial charge < -0.3 is 10.0 Å². The first-order chi connectivity index (χ1) is 4.74. The molecule has 1 heterocycles. The first kappa shape index (κ1) is 8.02. The lowest BCUT2D eigenvalue weighted by atomic mass is 10.0. The van der Waals surface area contributed by atoms with Gasteiger partial charge in [-0.25, -0.2) is 0 Å². The van der Waals surface area contributed by atoms with E-state index in [2.05, 4.69) is 18.7 Å². The number of rotatable bonds is 3. The van der Waals surface area contributed by atoms with Crippen LogP contribution >= 0.6 is 0 Å². The molecule has 0 amide bonds. The minimum absolute atomic E-state index is 0.323. The first-order valence-electron chi connectivity index (χ1n) is 4.09. The van der Waals surface area contributed by atoms with Gasteiger partial charge in [0, 0.05) is 19.2 Å². The summed E-state index contributed by atoms with van der Waals surface area (Å²) in [4.78, 5) is 2.42. The molecule has 1 aliphatic heterocycles. The molecule has 1 saturated heterocycles. The van der Waals surface area contributed by atoms with Gasteiger partial charge in [0.15, 0.2) is 0 Å². The lowest BCUT2D eigenvalue weighted by Crippen LogP contribution is -2.47. The molecular formula is C8H17NO. The van der Waals surface area contributed by atoms with Crippen molar-refractivity contribution in [1.82, 2.24) is 4.90 Å². The maximum absolute atomic E-state index is 8.76. The van der Waals surface area contributed by atoms with Crippen molar-refractivity contribution in [2.45, 2.75) is 26.3 Å². The summed E-state index contributed by atoms with van der Waals surface area (Å²) in [6, 6.07) is 0.758. The quantitative estimate of drug-likeness (QED) is 0.629. The Balaban J connectivity index is 2.12. The molecule has 0 aromatic carbocycles. The maximum atomic E-state index is 8.76. The van der Waals surface area contributed by atoms with E-state index in [9.17, 15) is 0 Å². The van der Waals surface area contributed by atoms with Crippen molar-refractivity contribution >= 4 is 0 Å². The zero-order valence-corrected chi connectivity index (χ0v) is 6.88. The van der Waals surface area contributed by atoms with Crippen LogP contribution in [-0.4, -0.2) is 35.7 Å². The van der Waals surface area contributed by atoms with E-state index in [0.29, 0.717) is 12.5 Å². The van der Waals surface area contributed by atoms with Crippen molar-refractivity contribution < 1.29 is 5.11 Å². The van der Waals surface area contributed by atoms with E-state index in [1.807, 2.05) is 0 Å². The van der Waals surface area contributed by atoms with Gasteiger partial charge in [0.05, 0.1) is 0 Å². The number of aliphatic hydroxyl groups is 1. The van der Waals surface area contributed by atoms with E-state index in [4.69, 9.17) is 5.11 Å². The molecule has 1 fully saturated rings. The standard InChI is InChI=1S/C8H17NO/c1-7(6-10)5-9-4-3-8(9)2/h7-8,10H,3-6H2,1-2H3. The molecule has 0 bridgehead atoms. The van der Waals surface area contributed by atoms with Gasteiger partial charge in [-0.2, -0.15) is 0 Å². The lowest BCUT2D eigenvalue weighted by Gasteiger charge is -2.40. The number of hydrogen-bond acceptors (Lipinski definition) is 2. The molecule has 0 saturated carbocycles. The van der Waals surface area contributed by atoms with Gasteiger partial charge >= 0.3 is 0 Å². The molecule has 10 heavy (non-hydrogen) atoms. The molecule has 0 aliphatic carbocycles. The van der Waals surface area contributed by atoms with Crippen molar-refractivity contribution in [2.75, 3.05) is 19.7 Å². The van der Waals surface area contributed by atoms with Crippen LogP contribution in [0, 0.1) is 5.92 Å². The molecule has 1 N–H and O–H groups in total. The van der Waals surface area contributed by atoms with E-state index in [1.165, 1.54) is 13.0 Å². The van der Waals surface area contributed by atoms with Crippen LogP contribution in [0.1, 0.15) is 20.3 Å². The maximum Gasteiger partial charge on any atom is 0.0468 e. The van der Waals surface area contributed by atoms with Crippen LogP contribution in [0.4, 0.5) is 0 Å². The second-order valence-corrected chi connectivity index (χ2v) is 3.42. The molecular weight excluding hydrogens is 126 g/mol. The van der Waals surface area contributed by atoms with Crippen LogP contribution in [0.25, 0.3) is 0 Å². The van der Waals surface area contributed by atoms with E-state index >= 15 is 0 Å².